The number of likely N-dealkylation sites (tertiary alicyclic amines) is 2. The van der Waals surface area contributed by atoms with Gasteiger partial charge in [0.2, 0.25) is 0 Å². The summed E-state index contributed by atoms with van der Waals surface area (Å²) in [5.41, 5.74) is 9.15. The minimum Gasteiger partial charge on any atom is -0.465 e. The molecule has 0 spiro atoms. The van der Waals surface area contributed by atoms with E-state index in [0.717, 1.165) is 101 Å². The molecule has 12 rings (SSSR count). The molecule has 2 aliphatic heterocycles. The molecule has 0 bridgehead atoms. The van der Waals surface area contributed by atoms with Gasteiger partial charge >= 0.3 is 18.2 Å². The molecular formula is C113H162N8O14Si2. The largest absolute Gasteiger partial charge is 0.465 e. The number of hydrogen-bond donors (Lipinski definition) is 3. The summed E-state index contributed by atoms with van der Waals surface area (Å²) in [6, 6.07) is 58.5. The lowest BCUT2D eigenvalue weighted by atomic mass is 9.91. The van der Waals surface area contributed by atoms with Crippen molar-refractivity contribution < 1.29 is 67.1 Å². The zero-order valence-corrected chi connectivity index (χ0v) is 85.1. The third kappa shape index (κ3) is 32.0. The van der Waals surface area contributed by atoms with E-state index in [4.69, 9.17) is 23.1 Å². The van der Waals surface area contributed by atoms with E-state index >= 15 is 0 Å². The van der Waals surface area contributed by atoms with E-state index in [-0.39, 0.29) is 113 Å². The van der Waals surface area contributed by atoms with Gasteiger partial charge in [-0.3, -0.25) is 39.1 Å². The van der Waals surface area contributed by atoms with Crippen molar-refractivity contribution in [2.45, 2.75) is 325 Å². The van der Waals surface area contributed by atoms with E-state index in [2.05, 4.69) is 119 Å². The molecule has 6 aromatic carbocycles. The van der Waals surface area contributed by atoms with Crippen LogP contribution < -0.4 is 0 Å². The lowest BCUT2D eigenvalue weighted by Crippen LogP contribution is -2.50. The average Bonchev–Trinajstić information content (AvgIpc) is 1.67. The number of aliphatic hydroxyl groups excluding tert-OH is 1. The Kier molecular flexibility index (Phi) is 41.0. The summed E-state index contributed by atoms with van der Waals surface area (Å²) in [6.07, 6.45) is 16.8. The minimum atomic E-state index is -2.23. The van der Waals surface area contributed by atoms with E-state index in [1.54, 1.807) is 101 Å². The number of benzene rings is 6. The summed E-state index contributed by atoms with van der Waals surface area (Å²) in [5, 5.41) is 31.3. The molecule has 746 valence electrons. The van der Waals surface area contributed by atoms with E-state index in [9.17, 15) is 44.1 Å². The van der Waals surface area contributed by atoms with Crippen LogP contribution in [0.1, 0.15) is 306 Å². The molecule has 1 saturated carbocycles. The zero-order valence-electron chi connectivity index (χ0n) is 83.1. The van der Waals surface area contributed by atoms with Crippen LogP contribution in [0.5, 0.6) is 0 Å². The van der Waals surface area contributed by atoms with Crippen molar-refractivity contribution in [2.24, 2.45) is 11.8 Å². The van der Waals surface area contributed by atoms with Gasteiger partial charge in [-0.15, -0.1) is 0 Å². The quantitative estimate of drug-likeness (QED) is 0.0234. The van der Waals surface area contributed by atoms with Gasteiger partial charge in [0, 0.05) is 118 Å². The SMILES string of the molecule is C.C.C.C.CN(Cc1cncc(C(C)(C)O)c1)C(=O)c1ccc(C[C@@H]2CC[C@H]([C@H](O)c3ccccc3)C2)cc1.CN(Cc1cncc(C(C)(C)O)c1)C(=O)c1ccc(C[C@@H]2CC[C@H]([C@H](O[Si](C)(C)C(C)(C)C)c3ccccc3)N2C(=O)OC(C)(C)C)cc1.COC(=O)c1cncc(CN(C)C(=O)c2ccc(C[C@@H]3CC[C@H]([C@H](O[Si](C)(C)C(C)(C)C)c4ccccc4)N3C(=O)OC(C)(C)C)cc2)c1. The second kappa shape index (κ2) is 48.8. The third-order valence-corrected chi connectivity index (χ3v) is 35.4. The molecule has 9 aromatic rings. The summed E-state index contributed by atoms with van der Waals surface area (Å²) in [7, 11) is 2.14. The number of amides is 5. The fraction of sp³-hybridized carbons (Fsp3) is 0.496. The van der Waals surface area contributed by atoms with E-state index in [1.165, 1.54) is 18.9 Å². The molecule has 9 atom stereocenters. The number of carbonyl (C=O) groups is 6. The van der Waals surface area contributed by atoms with Gasteiger partial charge in [0.05, 0.1) is 54.3 Å². The fourth-order valence-electron chi connectivity index (χ4n) is 17.1. The van der Waals surface area contributed by atoms with Crippen LogP contribution in [-0.4, -0.2) is 171 Å². The monoisotopic (exact) mass is 1910 g/mol. The number of ether oxygens (including phenoxy) is 3. The number of rotatable bonds is 28. The Morgan fingerprint density at radius 1 is 0.401 bits per heavy atom. The average molecular weight is 1910 g/mol. The molecule has 5 amide bonds. The topological polar surface area (TPSA) is 264 Å². The Morgan fingerprint density at radius 2 is 0.723 bits per heavy atom. The summed E-state index contributed by atoms with van der Waals surface area (Å²) >= 11 is 0. The number of aliphatic hydroxyl groups is 3. The van der Waals surface area contributed by atoms with Gasteiger partial charge in [-0.25, -0.2) is 14.4 Å². The molecule has 0 radical (unpaired) electrons. The second-order valence-electron chi connectivity index (χ2n) is 42.6. The Morgan fingerprint density at radius 3 is 1.04 bits per heavy atom. The normalized spacial score (nSPS) is 17.5. The van der Waals surface area contributed by atoms with Crippen LogP contribution in [0.2, 0.25) is 36.3 Å². The van der Waals surface area contributed by atoms with Crippen molar-refractivity contribution in [2.75, 3.05) is 28.3 Å². The van der Waals surface area contributed by atoms with Gasteiger partial charge in [0.1, 0.15) is 11.2 Å². The number of esters is 1. The number of pyridine rings is 3. The predicted octanol–water partition coefficient (Wildman–Crippen LogP) is 24.7. The van der Waals surface area contributed by atoms with Gasteiger partial charge in [0.25, 0.3) is 17.7 Å². The number of aromatic nitrogens is 3. The molecule has 137 heavy (non-hydrogen) atoms. The minimum absolute atomic E-state index is 0. The van der Waals surface area contributed by atoms with Crippen LogP contribution in [0, 0.1) is 11.8 Å². The number of hydrogen-bond acceptors (Lipinski definition) is 17. The van der Waals surface area contributed by atoms with E-state index < -0.39 is 51.1 Å². The molecule has 2 saturated heterocycles. The lowest BCUT2D eigenvalue weighted by Gasteiger charge is -2.43. The van der Waals surface area contributed by atoms with Crippen molar-refractivity contribution in [3.05, 3.63) is 303 Å². The zero-order chi connectivity index (χ0) is 97.5. The van der Waals surface area contributed by atoms with Gasteiger partial charge < -0.3 is 53.1 Å². The smallest absolute Gasteiger partial charge is 0.410 e. The molecule has 3 aliphatic rings. The maximum absolute atomic E-state index is 14.0. The first kappa shape index (κ1) is 115. The maximum atomic E-state index is 14.0. The lowest BCUT2D eigenvalue weighted by molar-refractivity contribution is -0.00310. The highest BCUT2D eigenvalue weighted by Crippen LogP contribution is 2.48. The number of nitrogens with zero attached hydrogens (tertiary/aromatic N) is 8. The van der Waals surface area contributed by atoms with Crippen LogP contribution >= 0.6 is 0 Å². The summed E-state index contributed by atoms with van der Waals surface area (Å²) < 4.78 is 31.1. The van der Waals surface area contributed by atoms with Gasteiger partial charge in [0.15, 0.2) is 16.6 Å². The van der Waals surface area contributed by atoms with Crippen LogP contribution in [-0.2, 0) is 73.2 Å². The van der Waals surface area contributed by atoms with E-state index in [1.807, 2.05) is 191 Å². The van der Waals surface area contributed by atoms with Gasteiger partial charge in [-0.05, 0) is 286 Å². The van der Waals surface area contributed by atoms with Crippen LogP contribution in [0.4, 0.5) is 9.59 Å². The molecule has 3 N–H and O–H groups in total. The third-order valence-electron chi connectivity index (χ3n) is 26.5. The van der Waals surface area contributed by atoms with Crippen LogP contribution in [0.3, 0.4) is 0 Å². The van der Waals surface area contributed by atoms with Crippen LogP contribution in [0.15, 0.2) is 219 Å². The first-order valence-electron chi connectivity index (χ1n) is 46.9. The molecule has 3 aromatic heterocycles. The molecule has 3 fully saturated rings. The van der Waals surface area contributed by atoms with Gasteiger partial charge in [-0.2, -0.15) is 0 Å². The Labute approximate surface area is 822 Å². The molecule has 24 heteroatoms. The summed E-state index contributed by atoms with van der Waals surface area (Å²) in [6.45, 7) is 41.8. The Hall–Kier alpha value is -10.6. The molecule has 22 nitrogen and oxygen atoms in total. The van der Waals surface area contributed by atoms with E-state index in [0.29, 0.717) is 65.6 Å². The first-order valence-corrected chi connectivity index (χ1v) is 52.7. The van der Waals surface area contributed by atoms with Crippen molar-refractivity contribution >= 4 is 52.5 Å². The second-order valence-corrected chi connectivity index (χ2v) is 52.1. The van der Waals surface area contributed by atoms with Crippen molar-refractivity contribution in [3.8, 4) is 0 Å². The maximum Gasteiger partial charge on any atom is 0.410 e. The summed E-state index contributed by atoms with van der Waals surface area (Å²) in [4.78, 5) is 101. The molecule has 5 heterocycles. The first-order chi connectivity index (χ1) is 62.3. The number of methoxy groups -OCH3 is 1. The number of carbonyl (C=O) groups excluding carboxylic acids is 6. The molecular weight excluding hydrogens is 1750 g/mol. The van der Waals surface area contributed by atoms with Crippen molar-refractivity contribution in [1.29, 1.82) is 0 Å². The predicted molar refractivity (Wildman–Crippen MR) is 556 cm³/mol. The standard InChI is InChI=1S/C40H57N3O5Si.C39H53N3O6Si.C30H36N2O3.4CH4/c1-38(2,3)47-37(45)43-33(21-22-34(43)35(30-15-13-12-14-16-30)48-49(10,11)39(4,5)6)24-28-17-19-31(20-18-28)36(44)42(9)27-29-23-32(26-41-25-29)40(7,8)46;1-38(2,3)47-37(45)42-32(20-21-33(42)34(29-14-12-11-13-15-29)48-49(9,10)39(4,5)6)23-27-16-18-30(19-17-27)35(43)41(7)26-28-22-31(25-40-24-28)36(44)46-8;1-30(2,35)27-17-23(18-31-19-27)20-32(3)29(34)25-12-9-21(10-13-25)15-22-11-14-26(16-22)28(33)24-7-5-4-6-8-24;;;;/h12-20,23,25-26,33-35,46H,21-22,24,27H2,1-11H3;11-19,22,24-25,32-34H,20-21,23,26H2,1-10H3;4-10,12-13,17-19,22,26,28,33,35H,11,14-16,20H2,1-3H3;4*1H4/t33-,34+,35+;32-,33+,34+;22-,26-,28+;;;;/m000..../s1. The highest BCUT2D eigenvalue weighted by Gasteiger charge is 2.50. The Balaban J connectivity index is 0.000000315. The Bertz CT molecular complexity index is 5340. The van der Waals surface area contributed by atoms with Crippen LogP contribution in [0.25, 0.3) is 0 Å². The molecule has 0 unspecified atom stereocenters. The highest BCUT2D eigenvalue weighted by atomic mass is 28.4. The fourth-order valence-corrected chi connectivity index (χ4v) is 19.6. The summed E-state index contributed by atoms with van der Waals surface area (Å²) in [5.74, 6) is 0.0813. The van der Waals surface area contributed by atoms with Crippen molar-refractivity contribution in [3.63, 3.8) is 0 Å². The van der Waals surface area contributed by atoms with Gasteiger partial charge in [-0.1, -0.05) is 199 Å². The molecule has 1 aliphatic carbocycles. The highest BCUT2D eigenvalue weighted by molar-refractivity contribution is 6.74. The van der Waals surface area contributed by atoms with Crippen molar-refractivity contribution in [1.82, 2.24) is 39.5 Å².